The number of hydrogen-bond acceptors (Lipinski definition) is 3. The molecular formula is C10H16NO4S-. The van der Waals surface area contributed by atoms with Crippen LogP contribution in [0, 0.1) is 17.6 Å². The minimum absolute atomic E-state index is 0.0875. The molecule has 1 N–H and O–H groups in total. The highest BCUT2D eigenvalue weighted by Crippen LogP contribution is 2.52. The first-order valence-electron chi connectivity index (χ1n) is 5.38. The molecule has 0 amide bonds. The Morgan fingerprint density at radius 1 is 1.31 bits per heavy atom. The highest BCUT2D eigenvalue weighted by Gasteiger charge is 2.48. The van der Waals surface area contributed by atoms with E-state index in [1.807, 2.05) is 0 Å². The van der Waals surface area contributed by atoms with Crippen molar-refractivity contribution in [3.63, 3.8) is 0 Å². The Bertz CT molecular complexity index is 387. The van der Waals surface area contributed by atoms with Gasteiger partial charge in [-0.05, 0) is 31.1 Å². The molecule has 0 atom stereocenters. The van der Waals surface area contributed by atoms with Crippen molar-refractivity contribution < 1.29 is 18.3 Å². The van der Waals surface area contributed by atoms with E-state index in [9.17, 15) is 13.2 Å². The van der Waals surface area contributed by atoms with Crippen molar-refractivity contribution >= 4 is 16.0 Å². The van der Waals surface area contributed by atoms with Gasteiger partial charge in [-0.25, -0.2) is 19.0 Å². The van der Waals surface area contributed by atoms with Crippen LogP contribution in [0.25, 0.3) is 0 Å². The number of piperidine rings is 1. The number of aliphatic carboxylic acids is 1. The average molecular weight is 246 g/mol. The number of rotatable bonds is 2. The van der Waals surface area contributed by atoms with Crippen LogP contribution in [-0.2, 0) is 14.8 Å². The normalized spacial score (nSPS) is 26.6. The molecule has 0 radical (unpaired) electrons. The zero-order valence-electron chi connectivity index (χ0n) is 9.05. The third-order valence-corrected chi connectivity index (χ3v) is 5.04. The van der Waals surface area contributed by atoms with E-state index in [0.29, 0.717) is 25.9 Å². The highest BCUT2D eigenvalue weighted by atomic mass is 32.2. The molecule has 6 heteroatoms. The second-order valence-corrected chi connectivity index (χ2v) is 6.63. The number of carbonyl (C=O) groups is 1. The van der Waals surface area contributed by atoms with Crippen molar-refractivity contribution in [3.8, 4) is 0 Å². The minimum atomic E-state index is -3.32. The fourth-order valence-corrected chi connectivity index (χ4v) is 3.55. The Balaban J connectivity index is 1.90. The predicted octanol–water partition coefficient (Wildman–Crippen LogP) is 0.685. The van der Waals surface area contributed by atoms with Crippen molar-refractivity contribution in [2.45, 2.75) is 25.7 Å². The molecule has 0 aromatic carbocycles. The van der Waals surface area contributed by atoms with Crippen LogP contribution in [0.15, 0.2) is 0 Å². The molecule has 5 nitrogen and oxygen atoms in total. The number of carboxylic acids is 1. The monoisotopic (exact) mass is 246 g/mol. The van der Waals surface area contributed by atoms with Gasteiger partial charge in [0.05, 0.1) is 15.9 Å². The van der Waals surface area contributed by atoms with Gasteiger partial charge in [0.15, 0.2) is 0 Å². The Kier molecular flexibility index (Phi) is 2.74. The lowest BCUT2D eigenvalue weighted by atomic mass is 9.58. The summed E-state index contributed by atoms with van der Waals surface area (Å²) in [5.74, 6) is -0.944. The quantitative estimate of drug-likeness (QED) is 0.727. The van der Waals surface area contributed by atoms with Gasteiger partial charge in [-0.1, -0.05) is 0 Å². The molecule has 0 unspecified atom stereocenters. The maximum Gasteiger partial charge on any atom is 0.306 e. The number of hydrogen-bond donors (Lipinski definition) is 1. The van der Waals surface area contributed by atoms with Crippen LogP contribution in [0.5, 0.6) is 0 Å². The first kappa shape index (κ1) is 11.9. The average Bonchev–Trinajstić information content (AvgIpc) is 2.12. The summed E-state index contributed by atoms with van der Waals surface area (Å²) in [5, 5.41) is 8.81. The van der Waals surface area contributed by atoms with E-state index in [4.69, 9.17) is 5.11 Å². The largest absolute Gasteiger partial charge is 0.481 e. The molecule has 2 rings (SSSR count). The number of nitrogens with zero attached hydrogens (tertiary/aromatic N) is 1. The lowest BCUT2D eigenvalue weighted by Gasteiger charge is -2.50. The van der Waals surface area contributed by atoms with E-state index in [1.165, 1.54) is 4.31 Å². The van der Waals surface area contributed by atoms with Crippen molar-refractivity contribution in [1.82, 2.24) is 4.31 Å². The molecular weight excluding hydrogens is 230 g/mol. The summed E-state index contributed by atoms with van der Waals surface area (Å²) in [6.45, 7) is 0.969. The molecule has 0 aromatic rings. The highest BCUT2D eigenvalue weighted by molar-refractivity contribution is 7.90. The lowest BCUT2D eigenvalue weighted by molar-refractivity contribution is -0.151. The van der Waals surface area contributed by atoms with E-state index in [2.05, 4.69) is 6.26 Å². The molecule has 1 saturated heterocycles. The van der Waals surface area contributed by atoms with Crippen molar-refractivity contribution in [2.75, 3.05) is 13.1 Å². The van der Waals surface area contributed by atoms with E-state index >= 15 is 0 Å². The van der Waals surface area contributed by atoms with Gasteiger partial charge in [-0.15, -0.1) is 0 Å². The molecule has 0 aromatic heterocycles. The molecule has 1 aliphatic carbocycles. The molecule has 16 heavy (non-hydrogen) atoms. The molecule has 1 heterocycles. The third kappa shape index (κ3) is 2.08. The minimum Gasteiger partial charge on any atom is -0.481 e. The Labute approximate surface area is 95.5 Å². The third-order valence-electron chi connectivity index (χ3n) is 3.88. The second-order valence-electron chi connectivity index (χ2n) is 4.95. The summed E-state index contributed by atoms with van der Waals surface area (Å²) in [5.41, 5.74) is 0.0875. The van der Waals surface area contributed by atoms with Gasteiger partial charge < -0.3 is 5.11 Å². The zero-order valence-corrected chi connectivity index (χ0v) is 9.87. The molecule has 2 fully saturated rings. The van der Waals surface area contributed by atoms with E-state index < -0.39 is 16.0 Å². The van der Waals surface area contributed by atoms with Gasteiger partial charge in [-0.3, -0.25) is 4.79 Å². The first-order chi connectivity index (χ1) is 7.32. The second kappa shape index (κ2) is 3.70. The topological polar surface area (TPSA) is 74.7 Å². The standard InChI is InChI=1S/C10H16NO4S/c1-16(14,15)11-4-2-10(3-5-11)6-8(7-10)9(12)13/h8H,1-7H2,(H,12,13)/q-1. The van der Waals surface area contributed by atoms with Crippen molar-refractivity contribution in [2.24, 2.45) is 11.3 Å². The molecule has 0 bridgehead atoms. The number of sulfonamides is 1. The Morgan fingerprint density at radius 2 is 1.81 bits per heavy atom. The van der Waals surface area contributed by atoms with Crippen molar-refractivity contribution in [3.05, 3.63) is 6.26 Å². The van der Waals surface area contributed by atoms with Gasteiger partial charge in [0.25, 0.3) is 0 Å². The summed E-state index contributed by atoms with van der Waals surface area (Å²) in [6, 6.07) is 0. The van der Waals surface area contributed by atoms with Crippen LogP contribution < -0.4 is 0 Å². The summed E-state index contributed by atoms with van der Waals surface area (Å²) in [6.07, 6.45) is 6.08. The maximum absolute atomic E-state index is 11.2. The van der Waals surface area contributed by atoms with Gasteiger partial charge in [0, 0.05) is 13.1 Å². The summed E-state index contributed by atoms with van der Waals surface area (Å²) < 4.78 is 23.8. The molecule has 92 valence electrons. The van der Waals surface area contributed by atoms with Gasteiger partial charge in [0.1, 0.15) is 0 Å². The fraction of sp³-hybridized carbons (Fsp3) is 0.800. The van der Waals surface area contributed by atoms with E-state index in [1.54, 1.807) is 0 Å². The number of carboxylic acid groups (broad SMARTS) is 1. The SMILES string of the molecule is [CH2-]S(=O)(=O)N1CCC2(CC1)CC(C(=O)O)C2. The summed E-state index contributed by atoms with van der Waals surface area (Å²) in [7, 11) is -3.32. The fourth-order valence-electron chi connectivity index (χ4n) is 2.81. The maximum atomic E-state index is 11.2. The van der Waals surface area contributed by atoms with Gasteiger partial charge >= 0.3 is 5.97 Å². The van der Waals surface area contributed by atoms with Crippen LogP contribution in [-0.4, -0.2) is 36.9 Å². The smallest absolute Gasteiger partial charge is 0.306 e. The van der Waals surface area contributed by atoms with Crippen LogP contribution >= 0.6 is 0 Å². The molecule has 1 spiro atoms. The summed E-state index contributed by atoms with van der Waals surface area (Å²) in [4.78, 5) is 10.7. The lowest BCUT2D eigenvalue weighted by Crippen LogP contribution is -2.49. The van der Waals surface area contributed by atoms with Crippen LogP contribution in [0.2, 0.25) is 0 Å². The summed E-state index contributed by atoms with van der Waals surface area (Å²) >= 11 is 0. The van der Waals surface area contributed by atoms with Gasteiger partial charge in [-0.2, -0.15) is 0 Å². The first-order valence-corrected chi connectivity index (χ1v) is 6.99. The zero-order chi connectivity index (χ0) is 12.0. The van der Waals surface area contributed by atoms with Crippen LogP contribution in [0.1, 0.15) is 25.7 Å². The predicted molar refractivity (Wildman–Crippen MR) is 57.9 cm³/mol. The van der Waals surface area contributed by atoms with Crippen LogP contribution in [0.3, 0.4) is 0 Å². The Morgan fingerprint density at radius 3 is 2.19 bits per heavy atom. The molecule has 1 saturated carbocycles. The molecule has 2 aliphatic rings. The van der Waals surface area contributed by atoms with E-state index in [0.717, 1.165) is 12.8 Å². The Hall–Kier alpha value is -0.620. The van der Waals surface area contributed by atoms with Gasteiger partial charge in [0.2, 0.25) is 0 Å². The van der Waals surface area contributed by atoms with Crippen LogP contribution in [0.4, 0.5) is 0 Å². The van der Waals surface area contributed by atoms with E-state index in [-0.39, 0.29) is 11.3 Å². The van der Waals surface area contributed by atoms with Crippen molar-refractivity contribution in [1.29, 1.82) is 0 Å². The molecule has 1 aliphatic heterocycles.